The summed E-state index contributed by atoms with van der Waals surface area (Å²) in [6.07, 6.45) is 23.8. The summed E-state index contributed by atoms with van der Waals surface area (Å²) >= 11 is 4.79. The maximum atomic E-state index is 4.79. The zero-order chi connectivity index (χ0) is 19.3. The fourth-order valence-electron chi connectivity index (χ4n) is 7.71. The molecule has 4 fully saturated rings. The van der Waals surface area contributed by atoms with E-state index in [9.17, 15) is 0 Å². The Morgan fingerprint density at radius 2 is 0.786 bits per heavy atom. The fraction of sp³-hybridized carbons (Fsp3) is 0.962. The Labute approximate surface area is 179 Å². The van der Waals surface area contributed by atoms with Crippen LogP contribution in [0.2, 0.25) is 0 Å². The van der Waals surface area contributed by atoms with Gasteiger partial charge in [-0.05, 0) is 144 Å². The minimum absolute atomic E-state index is 0.493. The average molecular weight is 402 g/mol. The van der Waals surface area contributed by atoms with Gasteiger partial charge in [0.05, 0.1) is 11.2 Å². The summed E-state index contributed by atoms with van der Waals surface area (Å²) in [5.41, 5.74) is 0. The van der Waals surface area contributed by atoms with Gasteiger partial charge in [-0.25, -0.2) is 4.99 Å². The molecular weight excluding hydrogens is 358 g/mol. The van der Waals surface area contributed by atoms with Crippen LogP contribution in [0.3, 0.4) is 0 Å². The molecule has 0 aromatic rings. The second-order valence-corrected chi connectivity index (χ2v) is 11.3. The zero-order valence-corrected chi connectivity index (χ0v) is 19.1. The Bertz CT molecular complexity index is 507. The molecule has 0 spiro atoms. The molecule has 0 aliphatic heterocycles. The van der Waals surface area contributed by atoms with Crippen LogP contribution in [0.15, 0.2) is 4.99 Å². The van der Waals surface area contributed by atoms with Crippen LogP contribution in [0.5, 0.6) is 0 Å². The van der Waals surface area contributed by atoms with E-state index >= 15 is 0 Å². The molecule has 4 saturated carbocycles. The van der Waals surface area contributed by atoms with Gasteiger partial charge in [0.1, 0.15) is 0 Å². The van der Waals surface area contributed by atoms with Crippen molar-refractivity contribution in [2.24, 2.45) is 46.4 Å². The molecule has 0 radical (unpaired) electrons. The van der Waals surface area contributed by atoms with E-state index in [0.29, 0.717) is 6.04 Å². The molecule has 0 unspecified atom stereocenters. The van der Waals surface area contributed by atoms with Crippen molar-refractivity contribution in [2.75, 3.05) is 0 Å². The van der Waals surface area contributed by atoms with Gasteiger partial charge in [0.25, 0.3) is 0 Å². The highest BCUT2D eigenvalue weighted by atomic mass is 32.1. The summed E-state index contributed by atoms with van der Waals surface area (Å²) in [6.45, 7) is 2.46. The number of nitrogens with zero attached hydrogens (tertiary/aromatic N) is 1. The lowest BCUT2D eigenvalue weighted by Crippen LogP contribution is -2.31. The first kappa shape index (κ1) is 21.0. The predicted octanol–water partition coefficient (Wildman–Crippen LogP) is 8.09. The van der Waals surface area contributed by atoms with Gasteiger partial charge in [-0.15, -0.1) is 0 Å². The first-order chi connectivity index (χ1) is 13.7. The first-order valence-corrected chi connectivity index (χ1v) is 13.2. The molecule has 0 heterocycles. The summed E-state index contributed by atoms with van der Waals surface area (Å²) < 4.78 is 0. The molecule has 0 N–H and O–H groups in total. The van der Waals surface area contributed by atoms with E-state index in [1.54, 1.807) is 51.4 Å². The van der Waals surface area contributed by atoms with Crippen molar-refractivity contribution in [3.63, 3.8) is 0 Å². The summed E-state index contributed by atoms with van der Waals surface area (Å²) in [5, 5.41) is 2.61. The van der Waals surface area contributed by atoms with Gasteiger partial charge in [0.2, 0.25) is 0 Å². The molecule has 4 rings (SSSR count). The van der Waals surface area contributed by atoms with Gasteiger partial charge in [0.15, 0.2) is 0 Å². The molecule has 4 aliphatic carbocycles. The Morgan fingerprint density at radius 1 is 0.500 bits per heavy atom. The molecule has 0 atom stereocenters. The van der Waals surface area contributed by atoms with Crippen molar-refractivity contribution in [3.05, 3.63) is 0 Å². The zero-order valence-electron chi connectivity index (χ0n) is 18.3. The number of aliphatic imine (C=N–C) groups is 1. The average Bonchev–Trinajstić information content (AvgIpc) is 2.75. The van der Waals surface area contributed by atoms with E-state index in [1.807, 2.05) is 0 Å². The Hall–Kier alpha value is -0.200. The molecule has 4 aliphatic rings. The lowest BCUT2D eigenvalue weighted by atomic mass is 9.63. The van der Waals surface area contributed by atoms with Crippen LogP contribution in [-0.2, 0) is 0 Å². The maximum Gasteiger partial charge on any atom is 0.0603 e. The van der Waals surface area contributed by atoms with Crippen molar-refractivity contribution in [3.8, 4) is 0 Å². The third kappa shape index (κ3) is 5.28. The molecule has 28 heavy (non-hydrogen) atoms. The normalized spacial score (nSPS) is 45.2. The summed E-state index contributed by atoms with van der Waals surface area (Å²) in [7, 11) is 0. The van der Waals surface area contributed by atoms with Gasteiger partial charge in [-0.1, -0.05) is 19.8 Å². The molecule has 158 valence electrons. The van der Waals surface area contributed by atoms with E-state index in [0.717, 1.165) is 41.4 Å². The van der Waals surface area contributed by atoms with Crippen LogP contribution in [0.25, 0.3) is 0 Å². The van der Waals surface area contributed by atoms with Crippen molar-refractivity contribution in [1.29, 1.82) is 0 Å². The highest BCUT2D eigenvalue weighted by Crippen LogP contribution is 2.47. The van der Waals surface area contributed by atoms with Crippen LogP contribution in [0.1, 0.15) is 110 Å². The number of hydrogen-bond acceptors (Lipinski definition) is 2. The van der Waals surface area contributed by atoms with Gasteiger partial charge in [-0.3, -0.25) is 0 Å². The largest absolute Gasteiger partial charge is 0.229 e. The quantitative estimate of drug-likeness (QED) is 0.342. The summed E-state index contributed by atoms with van der Waals surface area (Å²) in [5.74, 6) is 7.34. The van der Waals surface area contributed by atoms with E-state index in [4.69, 9.17) is 12.2 Å². The molecule has 0 aromatic heterocycles. The van der Waals surface area contributed by atoms with Crippen molar-refractivity contribution in [2.45, 2.75) is 116 Å². The van der Waals surface area contributed by atoms with Gasteiger partial charge >= 0.3 is 0 Å². The Balaban J connectivity index is 1.16. The molecule has 0 bridgehead atoms. The topological polar surface area (TPSA) is 12.4 Å². The van der Waals surface area contributed by atoms with Crippen LogP contribution < -0.4 is 0 Å². The Kier molecular flexibility index (Phi) is 7.67. The number of hydrogen-bond donors (Lipinski definition) is 0. The maximum absolute atomic E-state index is 4.79. The second kappa shape index (κ2) is 10.2. The standard InChI is InChI=1S/C26H43NS/c1-19-2-4-20(5-3-19)21-6-8-22(9-7-21)23-10-12-24(13-11-23)25-14-16-26(17-15-25)27-18-28/h19-26H,2-17H2,1H3. The third-order valence-electron chi connectivity index (χ3n) is 9.67. The van der Waals surface area contributed by atoms with Crippen molar-refractivity contribution in [1.82, 2.24) is 0 Å². The SMILES string of the molecule is CC1CCC(C2CCC(C3CCC(C4CCC(N=C=S)CC4)CC3)CC2)CC1. The monoisotopic (exact) mass is 401 g/mol. The van der Waals surface area contributed by atoms with Crippen LogP contribution in [0, 0.1) is 41.4 Å². The summed E-state index contributed by atoms with van der Waals surface area (Å²) in [4.78, 5) is 4.34. The van der Waals surface area contributed by atoms with E-state index in [2.05, 4.69) is 17.1 Å². The number of rotatable bonds is 4. The first-order valence-electron chi connectivity index (χ1n) is 12.8. The third-order valence-corrected chi connectivity index (χ3v) is 9.78. The number of thiocarbonyl (C=S) groups is 1. The lowest BCUT2D eigenvalue weighted by molar-refractivity contribution is 0.0898. The second-order valence-electron chi connectivity index (χ2n) is 11.2. The molecule has 0 amide bonds. The van der Waals surface area contributed by atoms with Crippen LogP contribution in [-0.4, -0.2) is 11.2 Å². The van der Waals surface area contributed by atoms with Gasteiger partial charge in [-0.2, -0.15) is 0 Å². The highest BCUT2D eigenvalue weighted by Gasteiger charge is 2.36. The summed E-state index contributed by atoms with van der Waals surface area (Å²) in [6, 6.07) is 0.493. The minimum atomic E-state index is 0.493. The minimum Gasteiger partial charge on any atom is -0.229 e. The fourth-order valence-corrected chi connectivity index (χ4v) is 7.86. The van der Waals surface area contributed by atoms with E-state index < -0.39 is 0 Å². The molecule has 0 saturated heterocycles. The molecule has 1 nitrogen and oxygen atoms in total. The van der Waals surface area contributed by atoms with Gasteiger partial charge < -0.3 is 0 Å². The Morgan fingerprint density at radius 3 is 1.11 bits per heavy atom. The van der Waals surface area contributed by atoms with Crippen molar-refractivity contribution < 1.29 is 0 Å². The smallest absolute Gasteiger partial charge is 0.0603 e. The molecule has 0 aromatic carbocycles. The van der Waals surface area contributed by atoms with Crippen LogP contribution >= 0.6 is 12.2 Å². The number of isothiocyanates is 1. The lowest BCUT2D eigenvalue weighted by Gasteiger charge is -2.42. The van der Waals surface area contributed by atoms with Crippen LogP contribution in [0.4, 0.5) is 0 Å². The molecular formula is C26H43NS. The van der Waals surface area contributed by atoms with E-state index in [1.165, 1.54) is 51.4 Å². The molecule has 2 heteroatoms. The van der Waals surface area contributed by atoms with Gasteiger partial charge in [0, 0.05) is 0 Å². The highest BCUT2D eigenvalue weighted by molar-refractivity contribution is 7.78. The predicted molar refractivity (Wildman–Crippen MR) is 123 cm³/mol. The van der Waals surface area contributed by atoms with E-state index in [-0.39, 0.29) is 0 Å². The van der Waals surface area contributed by atoms with Crippen molar-refractivity contribution >= 4 is 17.4 Å².